The summed E-state index contributed by atoms with van der Waals surface area (Å²) in [5, 5.41) is 8.84. The molecule has 0 radical (unpaired) electrons. The molecule has 0 spiro atoms. The maximum absolute atomic E-state index is 12.8. The number of sulfonamides is 1. The number of alkyl halides is 3. The molecular weight excluding hydrogens is 369 g/mol. The molecule has 0 bridgehead atoms. The van der Waals surface area contributed by atoms with Crippen LogP contribution in [0, 0.1) is 30.1 Å². The van der Waals surface area contributed by atoms with Gasteiger partial charge in [-0.05, 0) is 31.4 Å². The van der Waals surface area contributed by atoms with Crippen LogP contribution >= 0.6 is 0 Å². The predicted octanol–water partition coefficient (Wildman–Crippen LogP) is 1.87. The lowest BCUT2D eigenvalue weighted by Crippen LogP contribution is -2.49. The molecule has 1 aliphatic carbocycles. The molecule has 1 aromatic heterocycles. The molecule has 10 heteroatoms. The highest BCUT2D eigenvalue weighted by Gasteiger charge is 2.40. The van der Waals surface area contributed by atoms with Gasteiger partial charge >= 0.3 is 6.18 Å². The molecule has 0 N–H and O–H groups in total. The van der Waals surface area contributed by atoms with Crippen LogP contribution < -0.4 is 0 Å². The summed E-state index contributed by atoms with van der Waals surface area (Å²) in [6, 6.07) is 3.91. The Morgan fingerprint density at radius 3 is 2.42 bits per heavy atom. The van der Waals surface area contributed by atoms with Crippen molar-refractivity contribution in [1.82, 2.24) is 14.2 Å². The van der Waals surface area contributed by atoms with Crippen molar-refractivity contribution in [1.29, 1.82) is 5.26 Å². The minimum Gasteiger partial charge on any atom is -0.300 e. The molecule has 2 aliphatic rings. The Kier molecular flexibility index (Phi) is 4.98. The van der Waals surface area contributed by atoms with Crippen LogP contribution in [0.25, 0.3) is 0 Å². The third-order valence-corrected chi connectivity index (χ3v) is 6.89. The summed E-state index contributed by atoms with van der Waals surface area (Å²) in [6.45, 7) is 3.68. The predicted molar refractivity (Wildman–Crippen MR) is 86.4 cm³/mol. The lowest BCUT2D eigenvalue weighted by Gasteiger charge is -2.34. The van der Waals surface area contributed by atoms with Crippen LogP contribution in [0.15, 0.2) is 17.0 Å². The van der Waals surface area contributed by atoms with Crippen LogP contribution in [0.5, 0.6) is 0 Å². The van der Waals surface area contributed by atoms with Crippen molar-refractivity contribution in [3.8, 4) is 6.07 Å². The summed E-state index contributed by atoms with van der Waals surface area (Å²) in [5.74, 6) is 0.474. The second-order valence-corrected chi connectivity index (χ2v) is 8.62. The highest BCUT2D eigenvalue weighted by atomic mass is 32.2. The number of rotatable bonds is 4. The maximum atomic E-state index is 12.8. The number of piperazine rings is 1. The number of nitrogens with zero attached hydrogens (tertiary/aromatic N) is 4. The van der Waals surface area contributed by atoms with Crippen molar-refractivity contribution < 1.29 is 21.6 Å². The van der Waals surface area contributed by atoms with Gasteiger partial charge in [0, 0.05) is 32.7 Å². The first kappa shape index (κ1) is 19.1. The third kappa shape index (κ3) is 3.84. The summed E-state index contributed by atoms with van der Waals surface area (Å²) in [7, 11) is -3.88. The van der Waals surface area contributed by atoms with Crippen LogP contribution in [0.1, 0.15) is 17.8 Å². The zero-order valence-electron chi connectivity index (χ0n) is 14.2. The molecule has 26 heavy (non-hydrogen) atoms. The zero-order chi connectivity index (χ0) is 19.1. The van der Waals surface area contributed by atoms with Gasteiger partial charge < -0.3 is 4.90 Å². The molecule has 2 unspecified atom stereocenters. The summed E-state index contributed by atoms with van der Waals surface area (Å²) < 4.78 is 64.9. The van der Waals surface area contributed by atoms with E-state index in [0.29, 0.717) is 25.1 Å². The Labute approximate surface area is 150 Å². The van der Waals surface area contributed by atoms with Crippen molar-refractivity contribution in [2.45, 2.75) is 24.4 Å². The van der Waals surface area contributed by atoms with Gasteiger partial charge in [0.2, 0.25) is 10.0 Å². The maximum Gasteiger partial charge on any atom is 0.433 e. The summed E-state index contributed by atoms with van der Waals surface area (Å²) >= 11 is 0. The second-order valence-electron chi connectivity index (χ2n) is 6.71. The third-order valence-electron chi connectivity index (χ3n) is 4.86. The molecule has 1 aromatic rings. The number of nitriles is 1. The largest absolute Gasteiger partial charge is 0.433 e. The second kappa shape index (κ2) is 6.79. The van der Waals surface area contributed by atoms with E-state index >= 15 is 0 Å². The first-order valence-electron chi connectivity index (χ1n) is 8.30. The quantitative estimate of drug-likeness (QED) is 0.787. The van der Waals surface area contributed by atoms with Gasteiger partial charge in [-0.15, -0.1) is 0 Å². The first-order valence-corrected chi connectivity index (χ1v) is 9.74. The molecule has 2 heterocycles. The standard InChI is InChI=1S/C16H19F3N4O2S/c1-11-14(2-3-15(21-11)16(17,18)19)26(24,25)23-6-4-22(5-7-23)10-13-8-12(13)9-20/h2-3,12-13H,4-8,10H2,1H3. The van der Waals surface area contributed by atoms with Crippen LogP contribution in [0.2, 0.25) is 0 Å². The number of pyridine rings is 1. The SMILES string of the molecule is Cc1nc(C(F)(F)F)ccc1S(=O)(=O)N1CCN(CC2CC2C#N)CC1. The van der Waals surface area contributed by atoms with Crippen LogP contribution in [0.4, 0.5) is 13.2 Å². The molecule has 1 aliphatic heterocycles. The van der Waals surface area contributed by atoms with Gasteiger partial charge in [0.25, 0.3) is 0 Å². The lowest BCUT2D eigenvalue weighted by atomic mass is 10.3. The fraction of sp³-hybridized carbons (Fsp3) is 0.625. The van der Waals surface area contributed by atoms with Crippen molar-refractivity contribution in [2.75, 3.05) is 32.7 Å². The van der Waals surface area contributed by atoms with Crippen LogP contribution in [-0.2, 0) is 16.2 Å². The minimum absolute atomic E-state index is 0.109. The lowest BCUT2D eigenvalue weighted by molar-refractivity contribution is -0.141. The molecule has 1 saturated carbocycles. The summed E-state index contributed by atoms with van der Waals surface area (Å²) in [5.41, 5.74) is -1.26. The highest BCUT2D eigenvalue weighted by molar-refractivity contribution is 7.89. The molecule has 2 fully saturated rings. The van der Waals surface area contributed by atoms with Gasteiger partial charge in [0.15, 0.2) is 0 Å². The Balaban J connectivity index is 1.67. The number of aromatic nitrogens is 1. The van der Waals surface area contributed by atoms with E-state index < -0.39 is 21.9 Å². The van der Waals surface area contributed by atoms with Crippen LogP contribution in [-0.4, -0.2) is 55.3 Å². The molecule has 2 atom stereocenters. The topological polar surface area (TPSA) is 77.3 Å². The Bertz CT molecular complexity index is 827. The first-order chi connectivity index (χ1) is 12.1. The van der Waals surface area contributed by atoms with Crippen molar-refractivity contribution in [3.05, 3.63) is 23.5 Å². The molecule has 3 rings (SSSR count). The van der Waals surface area contributed by atoms with Gasteiger partial charge in [-0.25, -0.2) is 13.4 Å². The van der Waals surface area contributed by atoms with E-state index in [4.69, 9.17) is 5.26 Å². The number of hydrogen-bond acceptors (Lipinski definition) is 5. The Hall–Kier alpha value is -1.70. The average molecular weight is 388 g/mol. The highest BCUT2D eigenvalue weighted by Crippen LogP contribution is 2.38. The van der Waals surface area contributed by atoms with E-state index in [1.165, 1.54) is 11.2 Å². The molecule has 0 aromatic carbocycles. The number of aryl methyl sites for hydroxylation is 1. The van der Waals surface area contributed by atoms with Crippen molar-refractivity contribution in [3.63, 3.8) is 0 Å². The van der Waals surface area contributed by atoms with Crippen LogP contribution in [0.3, 0.4) is 0 Å². The molecular formula is C16H19F3N4O2S. The average Bonchev–Trinajstić information content (AvgIpc) is 3.32. The van der Waals surface area contributed by atoms with Gasteiger partial charge in [-0.1, -0.05) is 0 Å². The number of halogens is 3. The van der Waals surface area contributed by atoms with Gasteiger partial charge in [-0.2, -0.15) is 22.7 Å². The van der Waals surface area contributed by atoms with E-state index in [9.17, 15) is 21.6 Å². The van der Waals surface area contributed by atoms with E-state index in [-0.39, 0.29) is 29.6 Å². The van der Waals surface area contributed by atoms with E-state index in [1.807, 2.05) is 0 Å². The normalized spacial score (nSPS) is 25.0. The van der Waals surface area contributed by atoms with Crippen molar-refractivity contribution in [2.24, 2.45) is 11.8 Å². The molecule has 6 nitrogen and oxygen atoms in total. The van der Waals surface area contributed by atoms with Gasteiger partial charge in [0.1, 0.15) is 10.6 Å². The molecule has 142 valence electrons. The van der Waals surface area contributed by atoms with E-state index in [0.717, 1.165) is 19.0 Å². The molecule has 0 amide bonds. The smallest absolute Gasteiger partial charge is 0.300 e. The van der Waals surface area contributed by atoms with Gasteiger partial charge in [-0.3, -0.25) is 0 Å². The van der Waals surface area contributed by atoms with E-state index in [2.05, 4.69) is 16.0 Å². The Morgan fingerprint density at radius 2 is 1.92 bits per heavy atom. The fourth-order valence-electron chi connectivity index (χ4n) is 3.21. The minimum atomic E-state index is -4.61. The monoisotopic (exact) mass is 388 g/mol. The zero-order valence-corrected chi connectivity index (χ0v) is 15.0. The summed E-state index contributed by atoms with van der Waals surface area (Å²) in [6.07, 6.45) is -3.71. The molecule has 1 saturated heterocycles. The van der Waals surface area contributed by atoms with Crippen molar-refractivity contribution >= 4 is 10.0 Å². The van der Waals surface area contributed by atoms with Gasteiger partial charge in [0.05, 0.1) is 17.7 Å². The number of hydrogen-bond donors (Lipinski definition) is 0. The summed E-state index contributed by atoms with van der Waals surface area (Å²) in [4.78, 5) is 5.36. The Morgan fingerprint density at radius 1 is 1.27 bits per heavy atom. The van der Waals surface area contributed by atoms with E-state index in [1.54, 1.807) is 0 Å². The fourth-order valence-corrected chi connectivity index (χ4v) is 4.79.